The zero-order valence-electron chi connectivity index (χ0n) is 15.3. The topological polar surface area (TPSA) is 58.9 Å². The van der Waals surface area contributed by atoms with E-state index in [4.69, 9.17) is 4.98 Å². The van der Waals surface area contributed by atoms with Gasteiger partial charge >= 0.3 is 0 Å². The zero-order chi connectivity index (χ0) is 17.9. The highest BCUT2D eigenvalue weighted by Gasteiger charge is 2.18. The minimum atomic E-state index is 0.815. The van der Waals surface area contributed by atoms with Crippen molar-refractivity contribution in [2.24, 2.45) is 0 Å². The Morgan fingerprint density at radius 2 is 1.92 bits per heavy atom. The second kappa shape index (κ2) is 7.25. The van der Waals surface area contributed by atoms with E-state index in [-0.39, 0.29) is 0 Å². The van der Waals surface area contributed by atoms with Crippen molar-refractivity contribution in [2.45, 2.75) is 26.3 Å². The first-order valence-corrected chi connectivity index (χ1v) is 9.08. The summed E-state index contributed by atoms with van der Waals surface area (Å²) in [4.78, 5) is 11.7. The molecule has 1 aromatic carbocycles. The predicted octanol–water partition coefficient (Wildman–Crippen LogP) is 2.30. The second-order valence-corrected chi connectivity index (χ2v) is 6.74. The Hall–Kier alpha value is -2.73. The van der Waals surface area contributed by atoms with Gasteiger partial charge < -0.3 is 10.2 Å². The maximum absolute atomic E-state index is 4.76. The molecule has 2 aromatic heterocycles. The van der Waals surface area contributed by atoms with Crippen LogP contribution in [0.3, 0.4) is 0 Å². The summed E-state index contributed by atoms with van der Waals surface area (Å²) >= 11 is 0. The van der Waals surface area contributed by atoms with Gasteiger partial charge in [-0.1, -0.05) is 12.1 Å². The number of benzene rings is 1. The van der Waals surface area contributed by atoms with Gasteiger partial charge in [0.05, 0.1) is 11.4 Å². The molecule has 0 aliphatic carbocycles. The highest BCUT2D eigenvalue weighted by atomic mass is 15.3. The van der Waals surface area contributed by atoms with Gasteiger partial charge in [0, 0.05) is 44.5 Å². The molecule has 6 nitrogen and oxygen atoms in total. The van der Waals surface area contributed by atoms with Crippen LogP contribution >= 0.6 is 0 Å². The fourth-order valence-electron chi connectivity index (χ4n) is 3.49. The normalized spacial score (nSPS) is 13.9. The lowest BCUT2D eigenvalue weighted by Gasteiger charge is -2.23. The third-order valence-electron chi connectivity index (χ3n) is 4.76. The number of nitrogens with zero attached hydrogens (tertiary/aromatic N) is 5. The van der Waals surface area contributed by atoms with E-state index in [9.17, 15) is 0 Å². The van der Waals surface area contributed by atoms with E-state index in [1.54, 1.807) is 6.20 Å². The molecule has 0 spiro atoms. The highest BCUT2D eigenvalue weighted by Crippen LogP contribution is 2.24. The lowest BCUT2D eigenvalue weighted by molar-refractivity contribution is 0.708. The molecule has 3 aromatic rings. The predicted molar refractivity (Wildman–Crippen MR) is 103 cm³/mol. The quantitative estimate of drug-likeness (QED) is 0.784. The molecule has 0 unspecified atom stereocenters. The van der Waals surface area contributed by atoms with E-state index in [0.29, 0.717) is 0 Å². The number of hydrogen-bond acceptors (Lipinski definition) is 5. The van der Waals surface area contributed by atoms with Crippen LogP contribution < -0.4 is 10.2 Å². The standard InChI is InChI=1S/C20H24N6/c1-15-23-19-9-12-21-11-8-18(19)20(24-15)25(2)14-16-4-6-17(7-5-16)26-13-3-10-22-26/h3-7,10,13,21H,8-9,11-12,14H2,1-2H3. The first-order chi connectivity index (χ1) is 12.7. The number of fused-ring (bicyclic) bond motifs is 1. The van der Waals surface area contributed by atoms with E-state index in [2.05, 4.69) is 51.6 Å². The van der Waals surface area contributed by atoms with Crippen molar-refractivity contribution in [3.05, 3.63) is 65.4 Å². The van der Waals surface area contributed by atoms with Gasteiger partial charge in [0.1, 0.15) is 11.6 Å². The molecule has 0 fully saturated rings. The van der Waals surface area contributed by atoms with Crippen LogP contribution in [0, 0.1) is 6.92 Å². The van der Waals surface area contributed by atoms with Crippen molar-refractivity contribution < 1.29 is 0 Å². The van der Waals surface area contributed by atoms with Crippen LogP contribution in [-0.2, 0) is 19.4 Å². The fourth-order valence-corrected chi connectivity index (χ4v) is 3.49. The number of nitrogens with one attached hydrogen (secondary N) is 1. The molecule has 134 valence electrons. The van der Waals surface area contributed by atoms with Crippen molar-refractivity contribution >= 4 is 5.82 Å². The Morgan fingerprint density at radius 3 is 2.69 bits per heavy atom. The van der Waals surface area contributed by atoms with Gasteiger partial charge in [-0.3, -0.25) is 0 Å². The van der Waals surface area contributed by atoms with Crippen LogP contribution in [0.5, 0.6) is 0 Å². The molecular weight excluding hydrogens is 324 g/mol. The molecule has 26 heavy (non-hydrogen) atoms. The Kier molecular flexibility index (Phi) is 4.67. The van der Waals surface area contributed by atoms with Crippen molar-refractivity contribution in [1.82, 2.24) is 25.1 Å². The van der Waals surface area contributed by atoms with Gasteiger partial charge in [0.2, 0.25) is 0 Å². The van der Waals surface area contributed by atoms with Gasteiger partial charge in [-0.25, -0.2) is 14.6 Å². The Balaban J connectivity index is 1.56. The van der Waals surface area contributed by atoms with Crippen LogP contribution in [0.25, 0.3) is 5.69 Å². The molecule has 0 bridgehead atoms. The molecule has 3 heterocycles. The number of rotatable bonds is 4. The summed E-state index contributed by atoms with van der Waals surface area (Å²) in [5.74, 6) is 1.91. The smallest absolute Gasteiger partial charge is 0.135 e. The average molecular weight is 348 g/mol. The molecule has 1 aliphatic rings. The van der Waals surface area contributed by atoms with Crippen LogP contribution in [0.2, 0.25) is 0 Å². The summed E-state index contributed by atoms with van der Waals surface area (Å²) in [7, 11) is 2.11. The largest absolute Gasteiger partial charge is 0.355 e. The van der Waals surface area contributed by atoms with Crippen LogP contribution in [-0.4, -0.2) is 39.9 Å². The van der Waals surface area contributed by atoms with Crippen molar-refractivity contribution in [1.29, 1.82) is 0 Å². The zero-order valence-corrected chi connectivity index (χ0v) is 15.3. The average Bonchev–Trinajstić information content (AvgIpc) is 3.08. The molecule has 0 radical (unpaired) electrons. The van der Waals surface area contributed by atoms with Gasteiger partial charge in [0.25, 0.3) is 0 Å². The molecule has 1 N–H and O–H groups in total. The summed E-state index contributed by atoms with van der Waals surface area (Å²) in [6.45, 7) is 4.77. The second-order valence-electron chi connectivity index (χ2n) is 6.74. The third kappa shape index (κ3) is 3.46. The number of hydrogen-bond donors (Lipinski definition) is 1. The van der Waals surface area contributed by atoms with Crippen LogP contribution in [0.1, 0.15) is 22.6 Å². The van der Waals surface area contributed by atoms with E-state index in [1.807, 2.05) is 23.9 Å². The molecule has 0 amide bonds. The summed E-state index contributed by atoms with van der Waals surface area (Å²) in [5, 5.41) is 7.73. The lowest BCUT2D eigenvalue weighted by atomic mass is 10.1. The van der Waals surface area contributed by atoms with E-state index in [0.717, 1.165) is 49.8 Å². The first-order valence-electron chi connectivity index (χ1n) is 9.08. The Bertz CT molecular complexity index is 870. The number of aromatic nitrogens is 4. The van der Waals surface area contributed by atoms with Crippen molar-refractivity contribution in [3.8, 4) is 5.69 Å². The fraction of sp³-hybridized carbons (Fsp3) is 0.350. The Labute approximate surface area is 153 Å². The number of aryl methyl sites for hydroxylation is 1. The van der Waals surface area contributed by atoms with Crippen LogP contribution in [0.15, 0.2) is 42.7 Å². The minimum Gasteiger partial charge on any atom is -0.355 e. The molecule has 1 aliphatic heterocycles. The summed E-state index contributed by atoms with van der Waals surface area (Å²) in [6, 6.07) is 10.4. The SMILES string of the molecule is Cc1nc2c(c(N(C)Cc3ccc(-n4cccn4)cc3)n1)CCNCC2. The van der Waals surface area contributed by atoms with Gasteiger partial charge in [-0.05, 0) is 43.7 Å². The maximum Gasteiger partial charge on any atom is 0.135 e. The van der Waals surface area contributed by atoms with Gasteiger partial charge in [0.15, 0.2) is 0 Å². The summed E-state index contributed by atoms with van der Waals surface area (Å²) < 4.78 is 1.87. The minimum absolute atomic E-state index is 0.815. The number of anilines is 1. The summed E-state index contributed by atoms with van der Waals surface area (Å²) in [5.41, 5.74) is 4.80. The monoisotopic (exact) mass is 348 g/mol. The Morgan fingerprint density at radius 1 is 1.12 bits per heavy atom. The molecule has 0 saturated heterocycles. The molecule has 0 atom stereocenters. The van der Waals surface area contributed by atoms with Gasteiger partial charge in [-0.2, -0.15) is 5.10 Å². The van der Waals surface area contributed by atoms with Crippen LogP contribution in [0.4, 0.5) is 5.82 Å². The van der Waals surface area contributed by atoms with Crippen molar-refractivity contribution in [2.75, 3.05) is 25.0 Å². The van der Waals surface area contributed by atoms with Gasteiger partial charge in [-0.15, -0.1) is 0 Å². The lowest BCUT2D eigenvalue weighted by Crippen LogP contribution is -2.22. The van der Waals surface area contributed by atoms with Crippen molar-refractivity contribution in [3.63, 3.8) is 0 Å². The molecular formula is C20H24N6. The van der Waals surface area contributed by atoms with E-state index in [1.165, 1.54) is 16.8 Å². The first kappa shape index (κ1) is 16.7. The maximum atomic E-state index is 4.76. The highest BCUT2D eigenvalue weighted by molar-refractivity contribution is 5.50. The van der Waals surface area contributed by atoms with E-state index < -0.39 is 0 Å². The molecule has 6 heteroatoms. The third-order valence-corrected chi connectivity index (χ3v) is 4.76. The molecule has 0 saturated carbocycles. The summed E-state index contributed by atoms with van der Waals surface area (Å²) in [6.07, 6.45) is 5.69. The van der Waals surface area contributed by atoms with E-state index >= 15 is 0 Å². The molecule has 4 rings (SSSR count).